The third-order valence-corrected chi connectivity index (χ3v) is 4.01. The molecule has 2 rings (SSSR count). The molecule has 0 atom stereocenters. The predicted octanol–water partition coefficient (Wildman–Crippen LogP) is 5.37. The molecule has 0 bridgehead atoms. The average Bonchev–Trinajstić information content (AvgIpc) is 2.64. The summed E-state index contributed by atoms with van der Waals surface area (Å²) in [6.45, 7) is 4.50. The minimum Gasteiger partial charge on any atom is -0.494 e. The number of benzene rings is 2. The molecular formula is C21H23NO4. The first-order chi connectivity index (χ1) is 12.5. The number of hydrogen-bond acceptors (Lipinski definition) is 4. The van der Waals surface area contributed by atoms with Crippen molar-refractivity contribution in [3.8, 4) is 5.75 Å². The maximum absolute atomic E-state index is 12.2. The lowest BCUT2D eigenvalue weighted by Gasteiger charge is -2.05. The number of carbonyl (C=O) groups excluding carboxylic acids is 1. The maximum atomic E-state index is 12.2. The molecule has 26 heavy (non-hydrogen) atoms. The molecule has 2 aromatic carbocycles. The van der Waals surface area contributed by atoms with Crippen LogP contribution in [0.25, 0.3) is 6.08 Å². The van der Waals surface area contributed by atoms with Crippen LogP contribution in [0.3, 0.4) is 0 Å². The Bertz CT molecular complexity index is 794. The lowest BCUT2D eigenvalue weighted by atomic mass is 10.1. The summed E-state index contributed by atoms with van der Waals surface area (Å²) in [4.78, 5) is 22.7. The molecule has 0 saturated heterocycles. The number of carbonyl (C=O) groups is 1. The smallest absolute Gasteiger partial charge is 0.273 e. The topological polar surface area (TPSA) is 69.4 Å². The van der Waals surface area contributed by atoms with Gasteiger partial charge >= 0.3 is 0 Å². The highest BCUT2D eigenvalue weighted by Crippen LogP contribution is 2.20. The van der Waals surface area contributed by atoms with Gasteiger partial charge in [-0.1, -0.05) is 50.1 Å². The zero-order chi connectivity index (χ0) is 18.9. The molecule has 0 fully saturated rings. The van der Waals surface area contributed by atoms with Crippen molar-refractivity contribution in [1.29, 1.82) is 0 Å². The van der Waals surface area contributed by atoms with E-state index in [9.17, 15) is 14.9 Å². The van der Waals surface area contributed by atoms with E-state index in [1.54, 1.807) is 25.1 Å². The number of unbranched alkanes of at least 4 members (excludes halogenated alkanes) is 2. The fraction of sp³-hybridized carbons (Fsp3) is 0.286. The van der Waals surface area contributed by atoms with E-state index in [1.807, 2.05) is 24.3 Å². The summed E-state index contributed by atoms with van der Waals surface area (Å²) in [6, 6.07) is 12.0. The summed E-state index contributed by atoms with van der Waals surface area (Å²) in [6.07, 6.45) is 6.46. The second kappa shape index (κ2) is 9.51. The maximum Gasteiger partial charge on any atom is 0.273 e. The second-order valence-electron chi connectivity index (χ2n) is 6.08. The summed E-state index contributed by atoms with van der Waals surface area (Å²) in [5.41, 5.74) is 1.65. The minimum atomic E-state index is -0.477. The number of aryl methyl sites for hydroxylation is 1. The Morgan fingerprint density at radius 1 is 1.15 bits per heavy atom. The molecular weight excluding hydrogens is 330 g/mol. The van der Waals surface area contributed by atoms with Crippen molar-refractivity contribution in [3.05, 3.63) is 75.3 Å². The standard InChI is InChI=1S/C21H23NO4/c1-3-4-5-14-26-19-11-7-17(8-12-19)9-13-21(23)18-10-6-16(2)20(15-18)22(24)25/h6-13,15H,3-5,14H2,1-2H3/b13-9+. The molecule has 0 radical (unpaired) electrons. The Morgan fingerprint density at radius 2 is 1.88 bits per heavy atom. The van der Waals surface area contributed by atoms with Gasteiger partial charge in [0.15, 0.2) is 5.78 Å². The van der Waals surface area contributed by atoms with Gasteiger partial charge in [0.25, 0.3) is 5.69 Å². The Hall–Kier alpha value is -2.95. The molecule has 0 aromatic heterocycles. The van der Waals surface area contributed by atoms with Crippen LogP contribution in [0, 0.1) is 17.0 Å². The van der Waals surface area contributed by atoms with E-state index in [2.05, 4.69) is 6.92 Å². The molecule has 0 heterocycles. The molecule has 0 saturated carbocycles. The molecule has 0 amide bonds. The monoisotopic (exact) mass is 353 g/mol. The van der Waals surface area contributed by atoms with Crippen LogP contribution in [-0.4, -0.2) is 17.3 Å². The van der Waals surface area contributed by atoms with Crippen molar-refractivity contribution < 1.29 is 14.5 Å². The molecule has 0 unspecified atom stereocenters. The van der Waals surface area contributed by atoms with Crippen molar-refractivity contribution in [1.82, 2.24) is 0 Å². The number of allylic oxidation sites excluding steroid dienone is 1. The SMILES string of the molecule is CCCCCOc1ccc(/C=C/C(=O)c2ccc(C)c([N+](=O)[O-])c2)cc1. The number of hydrogen-bond donors (Lipinski definition) is 0. The van der Waals surface area contributed by atoms with Crippen molar-refractivity contribution in [2.75, 3.05) is 6.61 Å². The number of ketones is 1. The van der Waals surface area contributed by atoms with Crippen LogP contribution in [0.2, 0.25) is 0 Å². The molecule has 0 aliphatic carbocycles. The van der Waals surface area contributed by atoms with Gasteiger partial charge < -0.3 is 4.74 Å². The van der Waals surface area contributed by atoms with Gasteiger partial charge in [-0.25, -0.2) is 0 Å². The summed E-state index contributed by atoms with van der Waals surface area (Å²) in [7, 11) is 0. The third kappa shape index (κ3) is 5.55. The van der Waals surface area contributed by atoms with Crippen LogP contribution in [0.5, 0.6) is 5.75 Å². The van der Waals surface area contributed by atoms with Gasteiger partial charge in [-0.3, -0.25) is 14.9 Å². The number of nitro groups is 1. The van der Waals surface area contributed by atoms with E-state index in [0.717, 1.165) is 30.6 Å². The Kier molecular flexibility index (Phi) is 7.09. The number of rotatable bonds is 9. The van der Waals surface area contributed by atoms with Gasteiger partial charge in [-0.2, -0.15) is 0 Å². The van der Waals surface area contributed by atoms with E-state index in [-0.39, 0.29) is 11.5 Å². The lowest BCUT2D eigenvalue weighted by Crippen LogP contribution is -1.98. The molecule has 0 aliphatic heterocycles. The molecule has 5 heteroatoms. The summed E-state index contributed by atoms with van der Waals surface area (Å²) >= 11 is 0. The molecule has 136 valence electrons. The predicted molar refractivity (Wildman–Crippen MR) is 103 cm³/mol. The summed E-state index contributed by atoms with van der Waals surface area (Å²) in [5.74, 6) is 0.534. The fourth-order valence-electron chi connectivity index (χ4n) is 2.44. The quantitative estimate of drug-likeness (QED) is 0.200. The first kappa shape index (κ1) is 19.4. The van der Waals surface area contributed by atoms with Crippen molar-refractivity contribution in [2.45, 2.75) is 33.1 Å². The highest BCUT2D eigenvalue weighted by Gasteiger charge is 2.13. The molecule has 5 nitrogen and oxygen atoms in total. The van der Waals surface area contributed by atoms with Crippen LogP contribution in [0.15, 0.2) is 48.5 Å². The van der Waals surface area contributed by atoms with Crippen LogP contribution in [0.4, 0.5) is 5.69 Å². The van der Waals surface area contributed by atoms with Crippen molar-refractivity contribution >= 4 is 17.5 Å². The normalized spacial score (nSPS) is 10.8. The average molecular weight is 353 g/mol. The Morgan fingerprint density at radius 3 is 2.54 bits per heavy atom. The summed E-state index contributed by atoms with van der Waals surface area (Å²) in [5, 5.41) is 11.0. The van der Waals surface area contributed by atoms with E-state index >= 15 is 0 Å². The van der Waals surface area contributed by atoms with Crippen molar-refractivity contribution in [3.63, 3.8) is 0 Å². The fourth-order valence-corrected chi connectivity index (χ4v) is 2.44. The molecule has 0 N–H and O–H groups in total. The molecule has 2 aromatic rings. The van der Waals surface area contributed by atoms with Gasteiger partial charge in [0.2, 0.25) is 0 Å². The van der Waals surface area contributed by atoms with Gasteiger partial charge in [0.05, 0.1) is 11.5 Å². The number of ether oxygens (including phenoxy) is 1. The zero-order valence-electron chi connectivity index (χ0n) is 15.1. The minimum absolute atomic E-state index is 0.0474. The largest absolute Gasteiger partial charge is 0.494 e. The van der Waals surface area contributed by atoms with Gasteiger partial charge in [-0.05, 0) is 37.1 Å². The van der Waals surface area contributed by atoms with Gasteiger partial charge in [-0.15, -0.1) is 0 Å². The third-order valence-electron chi connectivity index (χ3n) is 4.01. The number of nitro benzene ring substituents is 1. The van der Waals surface area contributed by atoms with Gasteiger partial charge in [0, 0.05) is 17.2 Å². The number of nitrogens with zero attached hydrogens (tertiary/aromatic N) is 1. The van der Waals surface area contributed by atoms with Crippen LogP contribution in [-0.2, 0) is 0 Å². The van der Waals surface area contributed by atoms with E-state index < -0.39 is 4.92 Å². The van der Waals surface area contributed by atoms with Gasteiger partial charge in [0.1, 0.15) is 5.75 Å². The zero-order valence-corrected chi connectivity index (χ0v) is 15.1. The Labute approximate surface area is 153 Å². The lowest BCUT2D eigenvalue weighted by molar-refractivity contribution is -0.385. The summed E-state index contributed by atoms with van der Waals surface area (Å²) < 4.78 is 5.65. The highest BCUT2D eigenvalue weighted by atomic mass is 16.6. The molecule has 0 aliphatic rings. The Balaban J connectivity index is 1.99. The van der Waals surface area contributed by atoms with Crippen LogP contribution in [0.1, 0.15) is 47.7 Å². The van der Waals surface area contributed by atoms with Crippen LogP contribution < -0.4 is 4.74 Å². The first-order valence-corrected chi connectivity index (χ1v) is 8.71. The van der Waals surface area contributed by atoms with E-state index in [0.29, 0.717) is 17.7 Å². The second-order valence-corrected chi connectivity index (χ2v) is 6.08. The first-order valence-electron chi connectivity index (χ1n) is 8.71. The molecule has 0 spiro atoms. The highest BCUT2D eigenvalue weighted by molar-refractivity contribution is 6.07. The van der Waals surface area contributed by atoms with E-state index in [1.165, 1.54) is 12.1 Å². The van der Waals surface area contributed by atoms with Crippen molar-refractivity contribution in [2.24, 2.45) is 0 Å². The van der Waals surface area contributed by atoms with Crippen LogP contribution >= 0.6 is 0 Å². The van der Waals surface area contributed by atoms with E-state index in [4.69, 9.17) is 4.74 Å².